The average molecular weight is 402 g/mol. The van der Waals surface area contributed by atoms with Crippen molar-refractivity contribution in [2.45, 2.75) is 37.0 Å². The first-order valence-electron chi connectivity index (χ1n) is 9.98. The first kappa shape index (κ1) is 18.6. The van der Waals surface area contributed by atoms with Crippen LogP contribution in [-0.4, -0.2) is 42.1 Å². The maximum atomic E-state index is 13.6. The van der Waals surface area contributed by atoms with Gasteiger partial charge in [0.1, 0.15) is 17.5 Å². The van der Waals surface area contributed by atoms with E-state index in [0.717, 1.165) is 24.0 Å². The standard InChI is InChI=1S/C23H22N4O3/c1-22-9-4-10-29-19(22)23(20(28)27(2)21(25)26-23)17-12-16(7-8-18(17)30-22)15-6-3-5-14(11-15)13-24/h3,5-8,11-12,19H,4,9-10H2,1-2H3,(H2,25,26)/t19-,22-,23+/m1/s1. The van der Waals surface area contributed by atoms with Gasteiger partial charge in [0.25, 0.3) is 5.91 Å². The van der Waals surface area contributed by atoms with Crippen LogP contribution in [0.15, 0.2) is 47.5 Å². The maximum Gasteiger partial charge on any atom is 0.264 e. The lowest BCUT2D eigenvalue weighted by molar-refractivity contribution is -0.175. The molecule has 3 heterocycles. The summed E-state index contributed by atoms with van der Waals surface area (Å²) < 4.78 is 12.6. The van der Waals surface area contributed by atoms with Gasteiger partial charge >= 0.3 is 0 Å². The summed E-state index contributed by atoms with van der Waals surface area (Å²) in [5, 5.41) is 9.25. The highest BCUT2D eigenvalue weighted by atomic mass is 16.6. The molecule has 3 atom stereocenters. The zero-order chi connectivity index (χ0) is 21.1. The summed E-state index contributed by atoms with van der Waals surface area (Å²) in [5.41, 5.74) is 7.09. The fraction of sp³-hybridized carbons (Fsp3) is 0.348. The second-order valence-corrected chi connectivity index (χ2v) is 8.27. The Kier molecular flexibility index (Phi) is 3.92. The number of hydrogen-bond donors (Lipinski definition) is 1. The first-order chi connectivity index (χ1) is 14.4. The van der Waals surface area contributed by atoms with Crippen LogP contribution in [0.5, 0.6) is 5.75 Å². The highest BCUT2D eigenvalue weighted by Gasteiger charge is 2.65. The van der Waals surface area contributed by atoms with Gasteiger partial charge in [0.05, 0.1) is 11.6 Å². The molecule has 0 radical (unpaired) electrons. The van der Waals surface area contributed by atoms with Crippen molar-refractivity contribution < 1.29 is 14.3 Å². The normalized spacial score (nSPS) is 29.6. The van der Waals surface area contributed by atoms with Crippen molar-refractivity contribution in [1.29, 1.82) is 5.26 Å². The lowest BCUT2D eigenvalue weighted by Gasteiger charge is -2.51. The third-order valence-electron chi connectivity index (χ3n) is 6.36. The van der Waals surface area contributed by atoms with E-state index in [9.17, 15) is 10.1 Å². The van der Waals surface area contributed by atoms with Crippen LogP contribution in [0.4, 0.5) is 0 Å². The van der Waals surface area contributed by atoms with Gasteiger partial charge in [-0.25, -0.2) is 4.99 Å². The Morgan fingerprint density at radius 3 is 2.80 bits per heavy atom. The fourth-order valence-electron chi connectivity index (χ4n) is 4.87. The van der Waals surface area contributed by atoms with Gasteiger partial charge in [0, 0.05) is 19.2 Å². The number of rotatable bonds is 1. The molecule has 7 heteroatoms. The van der Waals surface area contributed by atoms with Crippen molar-refractivity contribution >= 4 is 11.9 Å². The zero-order valence-electron chi connectivity index (χ0n) is 16.9. The molecule has 1 spiro atoms. The van der Waals surface area contributed by atoms with Gasteiger partial charge in [-0.2, -0.15) is 5.26 Å². The number of nitrogens with two attached hydrogens (primary N) is 1. The lowest BCUT2D eigenvalue weighted by Crippen LogP contribution is -2.64. The van der Waals surface area contributed by atoms with Crippen molar-refractivity contribution in [2.75, 3.05) is 13.7 Å². The highest BCUT2D eigenvalue weighted by Crippen LogP contribution is 2.53. The predicted octanol–water partition coefficient (Wildman–Crippen LogP) is 2.54. The number of nitriles is 1. The zero-order valence-corrected chi connectivity index (χ0v) is 16.9. The van der Waals surface area contributed by atoms with Gasteiger partial charge in [-0.05, 0) is 55.2 Å². The SMILES string of the molecule is CN1C(=O)[C@]2(N=C1N)c1cc(-c3cccc(C#N)c3)ccc1O[C@]1(C)CCCO[C@H]12. The quantitative estimate of drug-likeness (QED) is 0.790. The van der Waals surface area contributed by atoms with E-state index in [1.54, 1.807) is 13.1 Å². The third-order valence-corrected chi connectivity index (χ3v) is 6.36. The van der Waals surface area contributed by atoms with Crippen molar-refractivity contribution in [3.8, 4) is 22.9 Å². The molecule has 0 bridgehead atoms. The van der Waals surface area contributed by atoms with Crippen LogP contribution in [0.3, 0.4) is 0 Å². The van der Waals surface area contributed by atoms with E-state index < -0.39 is 17.2 Å². The summed E-state index contributed by atoms with van der Waals surface area (Å²) in [6, 6.07) is 15.2. The largest absolute Gasteiger partial charge is 0.484 e. The van der Waals surface area contributed by atoms with Crippen LogP contribution in [0.2, 0.25) is 0 Å². The molecule has 2 aromatic carbocycles. The second-order valence-electron chi connectivity index (χ2n) is 8.27. The number of amides is 1. The Balaban J connectivity index is 1.75. The molecule has 2 N–H and O–H groups in total. The van der Waals surface area contributed by atoms with Crippen LogP contribution < -0.4 is 10.5 Å². The molecule has 1 fully saturated rings. The number of nitrogens with zero attached hydrogens (tertiary/aromatic N) is 3. The minimum Gasteiger partial charge on any atom is -0.484 e. The number of carbonyl (C=O) groups excluding carboxylic acids is 1. The molecule has 0 aliphatic carbocycles. The molecule has 5 rings (SSSR count). The number of fused-ring (bicyclic) bond motifs is 4. The third kappa shape index (κ3) is 2.40. The number of benzene rings is 2. The Morgan fingerprint density at radius 2 is 2.07 bits per heavy atom. The van der Waals surface area contributed by atoms with Crippen LogP contribution in [0, 0.1) is 11.3 Å². The first-order valence-corrected chi connectivity index (χ1v) is 9.98. The Morgan fingerprint density at radius 1 is 1.27 bits per heavy atom. The predicted molar refractivity (Wildman–Crippen MR) is 111 cm³/mol. The Labute approximate surface area is 174 Å². The van der Waals surface area contributed by atoms with Crippen LogP contribution in [-0.2, 0) is 15.1 Å². The minimum absolute atomic E-state index is 0.168. The van der Waals surface area contributed by atoms with Crippen LogP contribution in [0.1, 0.15) is 30.9 Å². The van der Waals surface area contributed by atoms with Crippen LogP contribution in [0.25, 0.3) is 11.1 Å². The lowest BCUT2D eigenvalue weighted by atomic mass is 9.71. The number of carbonyl (C=O) groups is 1. The number of hydrogen-bond acceptors (Lipinski definition) is 6. The van der Waals surface area contributed by atoms with E-state index in [0.29, 0.717) is 23.5 Å². The number of likely N-dealkylation sites (N-methyl/N-ethyl adjacent to an activating group) is 1. The average Bonchev–Trinajstić information content (AvgIpc) is 2.98. The molecule has 1 saturated heterocycles. The molecular weight excluding hydrogens is 380 g/mol. The van der Waals surface area contributed by atoms with E-state index >= 15 is 0 Å². The Bertz CT molecular complexity index is 1140. The van der Waals surface area contributed by atoms with E-state index in [1.807, 2.05) is 43.3 Å². The number of guanidine groups is 1. The summed E-state index contributed by atoms with van der Waals surface area (Å²) in [5.74, 6) is 0.562. The smallest absolute Gasteiger partial charge is 0.264 e. The fourth-order valence-corrected chi connectivity index (χ4v) is 4.87. The van der Waals surface area contributed by atoms with E-state index in [2.05, 4.69) is 6.07 Å². The maximum absolute atomic E-state index is 13.6. The molecule has 3 aliphatic heterocycles. The van der Waals surface area contributed by atoms with Gasteiger partial charge < -0.3 is 15.2 Å². The molecule has 1 amide bonds. The number of ether oxygens (including phenoxy) is 2. The summed E-state index contributed by atoms with van der Waals surface area (Å²) in [6.07, 6.45) is 1.03. The van der Waals surface area contributed by atoms with Gasteiger partial charge in [-0.15, -0.1) is 0 Å². The van der Waals surface area contributed by atoms with Gasteiger partial charge in [0.2, 0.25) is 5.54 Å². The summed E-state index contributed by atoms with van der Waals surface area (Å²) in [4.78, 5) is 19.6. The van der Waals surface area contributed by atoms with Crippen molar-refractivity contribution in [2.24, 2.45) is 10.7 Å². The Hall–Kier alpha value is -3.37. The van der Waals surface area contributed by atoms with Gasteiger partial charge in [-0.3, -0.25) is 9.69 Å². The summed E-state index contributed by atoms with van der Waals surface area (Å²) >= 11 is 0. The van der Waals surface area contributed by atoms with Gasteiger partial charge in [-0.1, -0.05) is 18.2 Å². The molecule has 0 saturated carbocycles. The van der Waals surface area contributed by atoms with Gasteiger partial charge in [0.15, 0.2) is 5.96 Å². The number of aliphatic imine (C=N–C) groups is 1. The highest BCUT2D eigenvalue weighted by molar-refractivity contribution is 6.08. The molecule has 0 unspecified atom stereocenters. The van der Waals surface area contributed by atoms with E-state index in [4.69, 9.17) is 20.2 Å². The molecule has 7 nitrogen and oxygen atoms in total. The summed E-state index contributed by atoms with van der Waals surface area (Å²) in [6.45, 7) is 2.51. The van der Waals surface area contributed by atoms with Crippen molar-refractivity contribution in [3.05, 3.63) is 53.6 Å². The van der Waals surface area contributed by atoms with E-state index in [1.165, 1.54) is 4.90 Å². The molecule has 0 aromatic heterocycles. The summed E-state index contributed by atoms with van der Waals surface area (Å²) in [7, 11) is 1.63. The molecule has 152 valence electrons. The molecular formula is C23H22N4O3. The topological polar surface area (TPSA) is 101 Å². The molecule has 3 aliphatic rings. The van der Waals surface area contributed by atoms with Crippen molar-refractivity contribution in [3.63, 3.8) is 0 Å². The molecule has 2 aromatic rings. The molecule has 30 heavy (non-hydrogen) atoms. The second kappa shape index (κ2) is 6.31. The van der Waals surface area contributed by atoms with Crippen LogP contribution >= 0.6 is 0 Å². The minimum atomic E-state index is -1.29. The van der Waals surface area contributed by atoms with E-state index in [-0.39, 0.29) is 11.9 Å². The van der Waals surface area contributed by atoms with Crippen molar-refractivity contribution in [1.82, 2.24) is 4.90 Å². The monoisotopic (exact) mass is 402 g/mol.